The zero-order valence-corrected chi connectivity index (χ0v) is 12.4. The van der Waals surface area contributed by atoms with Gasteiger partial charge in [0, 0.05) is 25.1 Å². The number of benzene rings is 1. The third kappa shape index (κ3) is 3.25. The number of aromatic amines is 1. The summed E-state index contributed by atoms with van der Waals surface area (Å²) in [6.07, 6.45) is 3.62. The van der Waals surface area contributed by atoms with Gasteiger partial charge in [0.1, 0.15) is 0 Å². The molecule has 1 aromatic carbocycles. The molecule has 0 unspecified atom stereocenters. The lowest BCUT2D eigenvalue weighted by Gasteiger charge is -2.01. The van der Waals surface area contributed by atoms with Crippen molar-refractivity contribution in [1.82, 2.24) is 14.5 Å². The maximum atomic E-state index is 11.6. The van der Waals surface area contributed by atoms with Crippen LogP contribution in [0.15, 0.2) is 64.8 Å². The van der Waals surface area contributed by atoms with Crippen molar-refractivity contribution in [1.29, 1.82) is 0 Å². The highest BCUT2D eigenvalue weighted by molar-refractivity contribution is 7.98. The third-order valence-electron chi connectivity index (χ3n) is 3.18. The number of hydrogen-bond donors (Lipinski definition) is 1. The number of imidazole rings is 1. The van der Waals surface area contributed by atoms with E-state index in [1.54, 1.807) is 35.6 Å². The quantitative estimate of drug-likeness (QED) is 0.753. The maximum absolute atomic E-state index is 11.6. The minimum absolute atomic E-state index is 0.0116. The molecule has 0 saturated carbocycles. The van der Waals surface area contributed by atoms with Crippen LogP contribution in [0.3, 0.4) is 0 Å². The van der Waals surface area contributed by atoms with Crippen molar-refractivity contribution in [2.24, 2.45) is 7.05 Å². The van der Waals surface area contributed by atoms with Gasteiger partial charge in [0.15, 0.2) is 5.16 Å². The molecule has 0 aliphatic carbocycles. The Morgan fingerprint density at radius 2 is 2.05 bits per heavy atom. The SMILES string of the molecule is Cn1ccc(CSc2ncc(-c3ccccc3)[nH]2)cc1=O. The predicted octanol–water partition coefficient (Wildman–Crippen LogP) is 3.07. The molecule has 0 aliphatic heterocycles. The predicted molar refractivity (Wildman–Crippen MR) is 85.3 cm³/mol. The van der Waals surface area contributed by atoms with Gasteiger partial charge in [-0.3, -0.25) is 4.79 Å². The standard InChI is InChI=1S/C16H15N3OS/c1-19-8-7-12(9-15(19)20)11-21-16-17-10-14(18-16)13-5-3-2-4-6-13/h2-10H,11H2,1H3,(H,17,18). The van der Waals surface area contributed by atoms with E-state index in [-0.39, 0.29) is 5.56 Å². The second kappa shape index (κ2) is 6.01. The number of H-pyrrole nitrogens is 1. The van der Waals surface area contributed by atoms with Crippen molar-refractivity contribution in [3.8, 4) is 11.3 Å². The fraction of sp³-hybridized carbons (Fsp3) is 0.125. The first-order chi connectivity index (χ1) is 10.2. The van der Waals surface area contributed by atoms with Crippen LogP contribution in [0.25, 0.3) is 11.3 Å². The average Bonchev–Trinajstić information content (AvgIpc) is 2.98. The van der Waals surface area contributed by atoms with Gasteiger partial charge < -0.3 is 9.55 Å². The average molecular weight is 297 g/mol. The number of hydrogen-bond acceptors (Lipinski definition) is 3. The fourth-order valence-electron chi connectivity index (χ4n) is 1.97. The van der Waals surface area contributed by atoms with E-state index in [2.05, 4.69) is 9.97 Å². The lowest BCUT2D eigenvalue weighted by atomic mass is 10.2. The molecular formula is C16H15N3OS. The Balaban J connectivity index is 1.70. The lowest BCUT2D eigenvalue weighted by molar-refractivity contribution is 0.855. The van der Waals surface area contributed by atoms with Crippen molar-refractivity contribution in [2.45, 2.75) is 10.9 Å². The summed E-state index contributed by atoms with van der Waals surface area (Å²) in [7, 11) is 1.75. The lowest BCUT2D eigenvalue weighted by Crippen LogP contribution is -2.14. The Kier molecular flexibility index (Phi) is 3.92. The minimum atomic E-state index is 0.0116. The molecular weight excluding hydrogens is 282 g/mol. The molecule has 1 N–H and O–H groups in total. The van der Waals surface area contributed by atoms with E-state index in [0.29, 0.717) is 0 Å². The monoisotopic (exact) mass is 297 g/mol. The molecule has 0 aliphatic rings. The Labute approximate surface area is 126 Å². The Morgan fingerprint density at radius 1 is 1.24 bits per heavy atom. The highest BCUT2D eigenvalue weighted by Gasteiger charge is 2.04. The van der Waals surface area contributed by atoms with Gasteiger partial charge in [0.05, 0.1) is 11.9 Å². The van der Waals surface area contributed by atoms with Crippen LogP contribution >= 0.6 is 11.8 Å². The van der Waals surface area contributed by atoms with E-state index in [0.717, 1.165) is 27.7 Å². The van der Waals surface area contributed by atoms with E-state index in [4.69, 9.17) is 0 Å². The molecule has 0 radical (unpaired) electrons. The van der Waals surface area contributed by atoms with Crippen LogP contribution < -0.4 is 5.56 Å². The summed E-state index contributed by atoms with van der Waals surface area (Å²) in [5.74, 6) is 0.720. The highest BCUT2D eigenvalue weighted by Crippen LogP contribution is 2.23. The number of pyridine rings is 1. The molecule has 2 heterocycles. The molecule has 3 rings (SSSR count). The van der Waals surface area contributed by atoms with Gasteiger partial charge in [-0.05, 0) is 17.2 Å². The molecule has 21 heavy (non-hydrogen) atoms. The third-order valence-corrected chi connectivity index (χ3v) is 4.14. The Bertz CT molecular complexity index is 793. The largest absolute Gasteiger partial charge is 0.333 e. The summed E-state index contributed by atoms with van der Waals surface area (Å²) < 4.78 is 1.56. The summed E-state index contributed by atoms with van der Waals surface area (Å²) in [5.41, 5.74) is 3.13. The van der Waals surface area contributed by atoms with Crippen molar-refractivity contribution in [3.05, 3.63) is 70.8 Å². The van der Waals surface area contributed by atoms with Crippen LogP contribution in [0.5, 0.6) is 0 Å². The number of rotatable bonds is 4. The molecule has 4 nitrogen and oxygen atoms in total. The number of thioether (sulfide) groups is 1. The summed E-state index contributed by atoms with van der Waals surface area (Å²) in [6.45, 7) is 0. The molecule has 106 valence electrons. The fourth-order valence-corrected chi connectivity index (χ4v) is 2.76. The van der Waals surface area contributed by atoms with Crippen LogP contribution in [-0.2, 0) is 12.8 Å². The molecule has 3 aromatic rings. The zero-order chi connectivity index (χ0) is 14.7. The molecule has 0 bridgehead atoms. The van der Waals surface area contributed by atoms with Crippen molar-refractivity contribution < 1.29 is 0 Å². The zero-order valence-electron chi connectivity index (χ0n) is 11.6. The van der Waals surface area contributed by atoms with Crippen LogP contribution in [-0.4, -0.2) is 14.5 Å². The summed E-state index contributed by atoms with van der Waals surface area (Å²) in [4.78, 5) is 19.2. The van der Waals surface area contributed by atoms with Crippen LogP contribution in [0.1, 0.15) is 5.56 Å². The van der Waals surface area contributed by atoms with Gasteiger partial charge in [-0.15, -0.1) is 0 Å². The second-order valence-corrected chi connectivity index (χ2v) is 5.70. The first kappa shape index (κ1) is 13.7. The Morgan fingerprint density at radius 3 is 2.81 bits per heavy atom. The molecule has 0 atom stereocenters. The van der Waals surface area contributed by atoms with E-state index in [1.807, 2.05) is 42.6 Å². The van der Waals surface area contributed by atoms with Gasteiger partial charge in [-0.25, -0.2) is 4.98 Å². The van der Waals surface area contributed by atoms with E-state index < -0.39 is 0 Å². The van der Waals surface area contributed by atoms with Crippen LogP contribution in [0.2, 0.25) is 0 Å². The van der Waals surface area contributed by atoms with E-state index >= 15 is 0 Å². The molecule has 2 aromatic heterocycles. The van der Waals surface area contributed by atoms with Crippen molar-refractivity contribution in [3.63, 3.8) is 0 Å². The summed E-state index contributed by atoms with van der Waals surface area (Å²) >= 11 is 1.59. The van der Waals surface area contributed by atoms with Crippen molar-refractivity contribution >= 4 is 11.8 Å². The van der Waals surface area contributed by atoms with E-state index in [1.165, 1.54) is 0 Å². The molecule has 0 amide bonds. The van der Waals surface area contributed by atoms with E-state index in [9.17, 15) is 4.79 Å². The van der Waals surface area contributed by atoms with Gasteiger partial charge in [0.25, 0.3) is 5.56 Å². The van der Waals surface area contributed by atoms with Crippen LogP contribution in [0.4, 0.5) is 0 Å². The van der Waals surface area contributed by atoms with Gasteiger partial charge in [0.2, 0.25) is 0 Å². The topological polar surface area (TPSA) is 50.7 Å². The van der Waals surface area contributed by atoms with Crippen molar-refractivity contribution in [2.75, 3.05) is 0 Å². The number of aromatic nitrogens is 3. The van der Waals surface area contributed by atoms with Gasteiger partial charge in [-0.2, -0.15) is 0 Å². The number of aryl methyl sites for hydroxylation is 1. The first-order valence-electron chi connectivity index (χ1n) is 6.61. The number of nitrogens with one attached hydrogen (secondary N) is 1. The minimum Gasteiger partial charge on any atom is -0.333 e. The molecule has 0 saturated heterocycles. The van der Waals surface area contributed by atoms with Gasteiger partial charge >= 0.3 is 0 Å². The normalized spacial score (nSPS) is 10.7. The summed E-state index contributed by atoms with van der Waals surface area (Å²) in [5, 5.41) is 0.856. The second-order valence-electron chi connectivity index (χ2n) is 4.74. The molecule has 0 spiro atoms. The Hall–Kier alpha value is -2.27. The summed E-state index contributed by atoms with van der Waals surface area (Å²) in [6, 6.07) is 13.7. The highest BCUT2D eigenvalue weighted by atomic mass is 32.2. The van der Waals surface area contributed by atoms with Crippen LogP contribution in [0, 0.1) is 0 Å². The molecule has 0 fully saturated rings. The van der Waals surface area contributed by atoms with Gasteiger partial charge in [-0.1, -0.05) is 42.1 Å². The number of nitrogens with zero attached hydrogens (tertiary/aromatic N) is 2. The molecule has 5 heteroatoms. The smallest absolute Gasteiger partial charge is 0.250 e. The maximum Gasteiger partial charge on any atom is 0.250 e. The first-order valence-corrected chi connectivity index (χ1v) is 7.60.